The molecular weight excluding hydrogens is 287 g/mol. The molecule has 2 aromatic rings. The van der Waals surface area contributed by atoms with Gasteiger partial charge in [0.25, 0.3) is 0 Å². The van der Waals surface area contributed by atoms with Gasteiger partial charge in [-0.1, -0.05) is 48.5 Å². The highest BCUT2D eigenvalue weighted by molar-refractivity contribution is 5.86. The lowest BCUT2D eigenvalue weighted by Gasteiger charge is -2.20. The van der Waals surface area contributed by atoms with Gasteiger partial charge in [-0.25, -0.2) is 0 Å². The van der Waals surface area contributed by atoms with E-state index in [0.717, 1.165) is 11.1 Å². The summed E-state index contributed by atoms with van der Waals surface area (Å²) in [5.41, 5.74) is 1.30. The van der Waals surface area contributed by atoms with E-state index in [1.165, 1.54) is 6.07 Å². The highest BCUT2D eigenvalue weighted by atomic mass is 19.4. The molecule has 1 nitrogen and oxygen atoms in total. The first kappa shape index (κ1) is 18.6. The van der Waals surface area contributed by atoms with E-state index < -0.39 is 11.7 Å². The Bertz CT molecular complexity index is 634. The molecule has 0 saturated carbocycles. The molecule has 22 heavy (non-hydrogen) atoms. The van der Waals surface area contributed by atoms with E-state index in [1.807, 2.05) is 40.8 Å². The van der Waals surface area contributed by atoms with Gasteiger partial charge in [0.1, 0.15) is 0 Å². The highest BCUT2D eigenvalue weighted by Gasteiger charge is 2.35. The number of benzene rings is 1. The van der Waals surface area contributed by atoms with Crippen molar-refractivity contribution in [1.82, 2.24) is 4.98 Å². The molecule has 1 heterocycles. The summed E-state index contributed by atoms with van der Waals surface area (Å²) in [5, 5.41) is 0.661. The first-order valence-electron chi connectivity index (χ1n) is 7.74. The van der Waals surface area contributed by atoms with Crippen LogP contribution in [0.2, 0.25) is 0 Å². The van der Waals surface area contributed by atoms with Crippen LogP contribution in [0.5, 0.6) is 0 Å². The largest absolute Gasteiger partial charge is 0.416 e. The molecule has 126 valence electrons. The van der Waals surface area contributed by atoms with Crippen LogP contribution in [-0.2, 0) is 11.6 Å². The lowest BCUT2D eigenvalue weighted by Crippen LogP contribution is -2.12. The van der Waals surface area contributed by atoms with Gasteiger partial charge in [0.05, 0.1) is 5.56 Å². The average Bonchev–Trinajstić information content (AvgIpc) is 2.81. The average molecular weight is 315 g/mol. The van der Waals surface area contributed by atoms with Crippen LogP contribution in [-0.4, -0.2) is 4.98 Å². The highest BCUT2D eigenvalue weighted by Crippen LogP contribution is 2.40. The first-order chi connectivity index (χ1) is 10.0. The van der Waals surface area contributed by atoms with E-state index in [2.05, 4.69) is 4.98 Å². The lowest BCUT2D eigenvalue weighted by molar-refractivity contribution is -0.138. The van der Waals surface area contributed by atoms with Crippen molar-refractivity contribution in [1.29, 1.82) is 0 Å². The molecule has 4 heteroatoms. The van der Waals surface area contributed by atoms with Crippen LogP contribution in [0.15, 0.2) is 18.3 Å². The van der Waals surface area contributed by atoms with Crippen LogP contribution >= 0.6 is 0 Å². The molecular formula is C18H28F3N. The summed E-state index contributed by atoms with van der Waals surface area (Å²) in [6, 6.07) is 2.93. The summed E-state index contributed by atoms with van der Waals surface area (Å²) < 4.78 is 39.8. The Morgan fingerprint density at radius 1 is 1.00 bits per heavy atom. The second-order valence-electron chi connectivity index (χ2n) is 6.59. The fourth-order valence-electron chi connectivity index (χ4n) is 2.53. The van der Waals surface area contributed by atoms with Crippen LogP contribution < -0.4 is 0 Å². The van der Waals surface area contributed by atoms with Crippen molar-refractivity contribution in [2.24, 2.45) is 0 Å². The predicted molar refractivity (Wildman–Crippen MR) is 89.6 cm³/mol. The number of H-pyrrole nitrogens is 1. The molecule has 0 saturated heterocycles. The second-order valence-corrected chi connectivity index (χ2v) is 6.59. The molecule has 0 spiro atoms. The van der Waals surface area contributed by atoms with Crippen LogP contribution in [0.4, 0.5) is 13.2 Å². The second kappa shape index (κ2) is 6.35. The van der Waals surface area contributed by atoms with Crippen molar-refractivity contribution in [3.63, 3.8) is 0 Å². The fraction of sp³-hybridized carbons (Fsp3) is 0.556. The molecule has 0 aliphatic heterocycles. The minimum absolute atomic E-state index is 0. The third-order valence-electron chi connectivity index (χ3n) is 3.59. The summed E-state index contributed by atoms with van der Waals surface area (Å²) in [7, 11) is 0. The Balaban J connectivity index is 0.00000155. The van der Waals surface area contributed by atoms with Gasteiger partial charge in [-0.05, 0) is 34.6 Å². The third kappa shape index (κ3) is 3.65. The van der Waals surface area contributed by atoms with Crippen molar-refractivity contribution < 1.29 is 14.6 Å². The Morgan fingerprint density at radius 2 is 1.55 bits per heavy atom. The smallest absolute Gasteiger partial charge is 0.361 e. The Kier molecular flexibility index (Phi) is 5.37. The third-order valence-corrected chi connectivity index (χ3v) is 3.59. The topological polar surface area (TPSA) is 15.8 Å². The first-order valence-corrected chi connectivity index (χ1v) is 7.74. The summed E-state index contributed by atoms with van der Waals surface area (Å²) >= 11 is 0. The molecule has 0 unspecified atom stereocenters. The van der Waals surface area contributed by atoms with Crippen LogP contribution in [0.3, 0.4) is 0 Å². The molecule has 0 aliphatic carbocycles. The normalized spacial score (nSPS) is 12.5. The van der Waals surface area contributed by atoms with Gasteiger partial charge >= 0.3 is 6.18 Å². The number of aromatic nitrogens is 1. The number of aromatic amines is 1. The molecule has 1 aromatic heterocycles. The summed E-state index contributed by atoms with van der Waals surface area (Å²) in [6.07, 6.45) is -2.50. The van der Waals surface area contributed by atoms with Gasteiger partial charge in [0, 0.05) is 18.5 Å². The van der Waals surface area contributed by atoms with Crippen molar-refractivity contribution in [3.8, 4) is 0 Å². The van der Waals surface area contributed by atoms with Crippen LogP contribution in [0, 0.1) is 0 Å². The van der Waals surface area contributed by atoms with E-state index in [4.69, 9.17) is 0 Å². The lowest BCUT2D eigenvalue weighted by atomic mass is 9.85. The maximum absolute atomic E-state index is 13.3. The van der Waals surface area contributed by atoms with Gasteiger partial charge in [-0.3, -0.25) is 0 Å². The number of halogens is 3. The zero-order valence-corrected chi connectivity index (χ0v) is 14.4. The van der Waals surface area contributed by atoms with Crippen molar-refractivity contribution in [2.45, 2.75) is 66.0 Å². The maximum Gasteiger partial charge on any atom is 0.416 e. The number of fused-ring (bicyclic) bond motifs is 1. The Hall–Kier alpha value is -1.45. The van der Waals surface area contributed by atoms with Gasteiger partial charge < -0.3 is 4.98 Å². The van der Waals surface area contributed by atoms with E-state index in [-0.39, 0.29) is 12.8 Å². The maximum atomic E-state index is 13.3. The van der Waals surface area contributed by atoms with E-state index in [1.54, 1.807) is 19.9 Å². The fourth-order valence-corrected chi connectivity index (χ4v) is 2.53. The summed E-state index contributed by atoms with van der Waals surface area (Å²) in [5.74, 6) is -0.169. The zero-order valence-electron chi connectivity index (χ0n) is 14.4. The van der Waals surface area contributed by atoms with E-state index in [9.17, 15) is 13.2 Å². The number of hydrogen-bond donors (Lipinski definition) is 1. The quantitative estimate of drug-likeness (QED) is 0.590. The van der Waals surface area contributed by atoms with Crippen molar-refractivity contribution in [2.75, 3.05) is 0 Å². The molecule has 0 bridgehead atoms. The van der Waals surface area contributed by atoms with Crippen LogP contribution in [0.25, 0.3) is 10.9 Å². The molecule has 0 amide bonds. The number of rotatable bonds is 1. The van der Waals surface area contributed by atoms with Crippen molar-refractivity contribution in [3.05, 3.63) is 35.0 Å². The van der Waals surface area contributed by atoms with E-state index in [0.29, 0.717) is 10.9 Å². The minimum Gasteiger partial charge on any atom is -0.361 e. The number of hydrogen-bond acceptors (Lipinski definition) is 0. The van der Waals surface area contributed by atoms with Gasteiger partial charge in [-0.15, -0.1) is 0 Å². The Morgan fingerprint density at radius 3 is 1.95 bits per heavy atom. The monoisotopic (exact) mass is 315 g/mol. The molecule has 0 atom stereocenters. The summed E-state index contributed by atoms with van der Waals surface area (Å²) in [6.45, 7) is 13.6. The predicted octanol–water partition coefficient (Wildman–Crippen LogP) is 6.88. The minimum atomic E-state index is -4.32. The number of nitrogens with one attached hydrogen (secondary N) is 1. The standard InChI is InChI=1S/C16H20F3N.C2H6.H2/c1-9(2)10-7-14-11(6-12(10)16(17,18)19)13(8-20-14)15(3,4)5;1-2;/h6-9,20H,1-5H3;1-2H3;1H. The van der Waals surface area contributed by atoms with Gasteiger partial charge in [0.15, 0.2) is 0 Å². The molecule has 1 aromatic carbocycles. The molecule has 1 N–H and O–H groups in total. The Labute approximate surface area is 132 Å². The molecule has 0 aliphatic rings. The van der Waals surface area contributed by atoms with Gasteiger partial charge in [-0.2, -0.15) is 13.2 Å². The zero-order chi connectivity index (χ0) is 17.3. The van der Waals surface area contributed by atoms with Crippen molar-refractivity contribution >= 4 is 10.9 Å². The summed E-state index contributed by atoms with van der Waals surface area (Å²) in [4.78, 5) is 3.10. The molecule has 0 fully saturated rings. The molecule has 2 rings (SSSR count). The van der Waals surface area contributed by atoms with Gasteiger partial charge in [0.2, 0.25) is 0 Å². The van der Waals surface area contributed by atoms with Crippen LogP contribution in [0.1, 0.15) is 72.5 Å². The number of alkyl halides is 3. The molecule has 0 radical (unpaired) electrons. The van der Waals surface area contributed by atoms with E-state index >= 15 is 0 Å². The SMILES string of the molecule is CC.CC(C)c1cc2[nH]cc(C(C)(C)C)c2cc1C(F)(F)F.[HH].